The third-order valence-corrected chi connectivity index (χ3v) is 8.69. The number of cyclic esters (lactones) is 1. The molecule has 4 rings (SSSR count). The van der Waals surface area contributed by atoms with Crippen LogP contribution in [0.4, 0.5) is 0 Å². The highest BCUT2D eigenvalue weighted by atomic mass is 16.5. The molecule has 0 bridgehead atoms. The van der Waals surface area contributed by atoms with Crippen LogP contribution >= 0.6 is 0 Å². The highest BCUT2D eigenvalue weighted by Gasteiger charge is 2.67. The molecule has 0 aromatic carbocycles. The number of methoxy groups -OCH3 is 1. The lowest BCUT2D eigenvalue weighted by Crippen LogP contribution is -2.66. The van der Waals surface area contributed by atoms with Crippen LogP contribution in [0.25, 0.3) is 0 Å². The van der Waals surface area contributed by atoms with Gasteiger partial charge in [0.2, 0.25) is 5.91 Å². The summed E-state index contributed by atoms with van der Waals surface area (Å²) in [5, 5.41) is 0. The van der Waals surface area contributed by atoms with Gasteiger partial charge >= 0.3 is 11.9 Å². The zero-order chi connectivity index (χ0) is 24.1. The smallest absolute Gasteiger partial charge is 0.310 e. The quantitative estimate of drug-likeness (QED) is 0.637. The second kappa shape index (κ2) is 8.29. The van der Waals surface area contributed by atoms with Crippen LogP contribution in [0, 0.1) is 28.6 Å². The first kappa shape index (κ1) is 23.5. The molecule has 1 aliphatic heterocycles. The second-order valence-corrected chi connectivity index (χ2v) is 10.3. The molecule has 0 N–H and O–H groups in total. The number of amides is 1. The molecule has 2 saturated carbocycles. The average molecular weight is 460 g/mol. The lowest BCUT2D eigenvalue weighted by Gasteiger charge is -2.61. The summed E-state index contributed by atoms with van der Waals surface area (Å²) < 4.78 is 16.1. The normalized spacial score (nSPS) is 38.0. The van der Waals surface area contributed by atoms with Crippen molar-refractivity contribution < 1.29 is 33.1 Å². The van der Waals surface area contributed by atoms with Crippen LogP contribution in [0.2, 0.25) is 0 Å². The van der Waals surface area contributed by atoms with Crippen molar-refractivity contribution in [3.63, 3.8) is 0 Å². The summed E-state index contributed by atoms with van der Waals surface area (Å²) >= 11 is 0. The van der Waals surface area contributed by atoms with Crippen molar-refractivity contribution in [2.75, 3.05) is 14.2 Å². The number of esters is 2. The lowest BCUT2D eigenvalue weighted by atomic mass is 9.42. The number of carbonyl (C=O) groups excluding carboxylic acids is 4. The number of ether oxygens (including phenoxy) is 2. The number of nitrogens with zero attached hydrogens (tertiary/aromatic N) is 1. The van der Waals surface area contributed by atoms with Gasteiger partial charge in [-0.3, -0.25) is 19.2 Å². The minimum Gasteiger partial charge on any atom is -0.472 e. The topological polar surface area (TPSA) is 103 Å². The first-order valence-electron chi connectivity index (χ1n) is 11.7. The maximum atomic E-state index is 14.1. The van der Waals surface area contributed by atoms with Crippen molar-refractivity contribution in [2.24, 2.45) is 28.6 Å². The van der Waals surface area contributed by atoms with Crippen LogP contribution in [-0.2, 0) is 28.7 Å². The van der Waals surface area contributed by atoms with Crippen molar-refractivity contribution >= 4 is 23.6 Å². The second-order valence-electron chi connectivity index (χ2n) is 10.3. The van der Waals surface area contributed by atoms with E-state index in [1.54, 1.807) is 26.3 Å². The molecule has 0 spiro atoms. The maximum absolute atomic E-state index is 14.1. The molecule has 8 nitrogen and oxygen atoms in total. The summed E-state index contributed by atoms with van der Waals surface area (Å²) in [6.45, 7) is 5.70. The predicted molar refractivity (Wildman–Crippen MR) is 117 cm³/mol. The predicted octanol–water partition coefficient (Wildman–Crippen LogP) is 3.31. The molecule has 2 heterocycles. The van der Waals surface area contributed by atoms with E-state index in [2.05, 4.69) is 0 Å². The molecule has 7 atom stereocenters. The third-order valence-electron chi connectivity index (χ3n) is 8.69. The standard InChI is InChI=1S/C25H33NO7/c1-6-19(27)26(4)17-11-16(22(29)31-5)24(2)9-7-15-23(30)33-18(14-8-10-32-13-14)12-25(15,3)21(24)20(17)28/h8,10,13,15-18,21H,6-7,9,11-12H2,1-5H3/t15-,16-,17-,18-,21-,24-,25-/m0/s1. The molecule has 3 aliphatic rings. The SMILES string of the molecule is CCC(=O)N(C)[C@H]1C[C@@H](C(=O)OC)[C@]2(C)CC[C@H]3C(=O)O[C@H](c4ccoc4)C[C@]3(C)[C@H]2C1=O. The van der Waals surface area contributed by atoms with E-state index in [1.807, 2.05) is 13.8 Å². The molecule has 1 saturated heterocycles. The van der Waals surface area contributed by atoms with E-state index in [9.17, 15) is 19.2 Å². The van der Waals surface area contributed by atoms with Crippen LogP contribution in [0.1, 0.15) is 64.5 Å². The van der Waals surface area contributed by atoms with E-state index in [0.717, 1.165) is 5.56 Å². The number of likely N-dealkylation sites (N-methyl/N-ethyl adjacent to an activating group) is 1. The van der Waals surface area contributed by atoms with Gasteiger partial charge in [0, 0.05) is 24.9 Å². The monoisotopic (exact) mass is 459 g/mol. The number of hydrogen-bond donors (Lipinski definition) is 0. The highest BCUT2D eigenvalue weighted by Crippen LogP contribution is 2.65. The molecular formula is C25H33NO7. The fourth-order valence-corrected chi connectivity index (χ4v) is 6.94. The van der Waals surface area contributed by atoms with Gasteiger partial charge < -0.3 is 18.8 Å². The molecule has 180 valence electrons. The Morgan fingerprint density at radius 1 is 1.24 bits per heavy atom. The van der Waals surface area contributed by atoms with E-state index >= 15 is 0 Å². The number of carbonyl (C=O) groups is 4. The van der Waals surface area contributed by atoms with Gasteiger partial charge in [0.25, 0.3) is 0 Å². The number of Topliss-reactive ketones (excluding diaryl/α,β-unsaturated/α-hetero) is 1. The van der Waals surface area contributed by atoms with Gasteiger partial charge in [-0.2, -0.15) is 0 Å². The minimum absolute atomic E-state index is 0.0743. The molecular weight excluding hydrogens is 426 g/mol. The molecule has 3 fully saturated rings. The van der Waals surface area contributed by atoms with Gasteiger partial charge in [-0.1, -0.05) is 20.8 Å². The summed E-state index contributed by atoms with van der Waals surface area (Å²) in [6, 6.07) is 1.03. The highest BCUT2D eigenvalue weighted by molar-refractivity contribution is 5.95. The van der Waals surface area contributed by atoms with Crippen LogP contribution in [0.15, 0.2) is 23.0 Å². The zero-order valence-corrected chi connectivity index (χ0v) is 20.0. The summed E-state index contributed by atoms with van der Waals surface area (Å²) in [6.07, 6.45) is 4.57. The Bertz CT molecular complexity index is 956. The Balaban J connectivity index is 1.81. The molecule has 2 aliphatic carbocycles. The largest absolute Gasteiger partial charge is 0.472 e. The molecule has 1 aromatic heterocycles. The fraction of sp³-hybridized carbons (Fsp3) is 0.680. The summed E-state index contributed by atoms with van der Waals surface area (Å²) in [7, 11) is 2.98. The molecule has 0 unspecified atom stereocenters. The number of rotatable bonds is 4. The number of fused-ring (bicyclic) bond motifs is 3. The number of hydrogen-bond acceptors (Lipinski definition) is 7. The van der Waals surface area contributed by atoms with Gasteiger partial charge in [0.1, 0.15) is 6.10 Å². The molecule has 0 radical (unpaired) electrons. The van der Waals surface area contributed by atoms with E-state index in [0.29, 0.717) is 19.3 Å². The van der Waals surface area contributed by atoms with Gasteiger partial charge in [-0.05, 0) is 42.6 Å². The van der Waals surface area contributed by atoms with Crippen LogP contribution in [0.3, 0.4) is 0 Å². The summed E-state index contributed by atoms with van der Waals surface area (Å²) in [4.78, 5) is 54.3. The molecule has 8 heteroatoms. The Labute approximate surface area is 194 Å². The van der Waals surface area contributed by atoms with E-state index < -0.39 is 40.7 Å². The van der Waals surface area contributed by atoms with Gasteiger partial charge in [0.05, 0.1) is 37.5 Å². The molecule has 33 heavy (non-hydrogen) atoms. The first-order chi connectivity index (χ1) is 15.6. The van der Waals surface area contributed by atoms with E-state index in [4.69, 9.17) is 13.9 Å². The Morgan fingerprint density at radius 3 is 2.58 bits per heavy atom. The van der Waals surface area contributed by atoms with Gasteiger partial charge in [-0.25, -0.2) is 0 Å². The number of ketones is 1. The van der Waals surface area contributed by atoms with Crippen molar-refractivity contribution in [3.8, 4) is 0 Å². The van der Waals surface area contributed by atoms with Crippen molar-refractivity contribution in [3.05, 3.63) is 24.2 Å². The summed E-state index contributed by atoms with van der Waals surface area (Å²) in [5.41, 5.74) is -0.666. The Hall–Kier alpha value is -2.64. The molecule has 1 aromatic rings. The van der Waals surface area contributed by atoms with Gasteiger partial charge in [0.15, 0.2) is 5.78 Å². The van der Waals surface area contributed by atoms with E-state index in [1.165, 1.54) is 18.3 Å². The lowest BCUT2D eigenvalue weighted by molar-refractivity contribution is -0.206. The minimum atomic E-state index is -0.736. The maximum Gasteiger partial charge on any atom is 0.310 e. The number of furan rings is 1. The first-order valence-corrected chi connectivity index (χ1v) is 11.7. The van der Waals surface area contributed by atoms with Crippen LogP contribution < -0.4 is 0 Å². The average Bonchev–Trinajstić information content (AvgIpc) is 3.32. The zero-order valence-electron chi connectivity index (χ0n) is 20.0. The van der Waals surface area contributed by atoms with Crippen LogP contribution in [0.5, 0.6) is 0 Å². The Kier molecular flexibility index (Phi) is 5.91. The van der Waals surface area contributed by atoms with Crippen LogP contribution in [-0.4, -0.2) is 48.7 Å². The Morgan fingerprint density at radius 2 is 1.97 bits per heavy atom. The fourth-order valence-electron chi connectivity index (χ4n) is 6.94. The van der Waals surface area contributed by atoms with Crippen molar-refractivity contribution in [1.82, 2.24) is 4.90 Å². The third kappa shape index (κ3) is 3.49. The van der Waals surface area contributed by atoms with E-state index in [-0.39, 0.29) is 36.5 Å². The van der Waals surface area contributed by atoms with Gasteiger partial charge in [-0.15, -0.1) is 0 Å². The van der Waals surface area contributed by atoms with Crippen molar-refractivity contribution in [1.29, 1.82) is 0 Å². The van der Waals surface area contributed by atoms with Crippen molar-refractivity contribution in [2.45, 2.75) is 65.0 Å². The summed E-state index contributed by atoms with van der Waals surface area (Å²) in [5.74, 6) is -2.52. The molecule has 1 amide bonds.